The monoisotopic (exact) mass is 320 g/mol. The molecule has 0 radical (unpaired) electrons. The Hall–Kier alpha value is -2.86. The van der Waals surface area contributed by atoms with Crippen molar-refractivity contribution in [2.75, 3.05) is 0 Å². The van der Waals surface area contributed by atoms with Gasteiger partial charge in [0.05, 0.1) is 0 Å². The molecular formula is C25H20. The molecule has 1 aliphatic rings. The highest BCUT2D eigenvalue weighted by atomic mass is 14.2. The molecule has 1 aliphatic carbocycles. The second kappa shape index (κ2) is 5.60. The molecule has 0 bridgehead atoms. The van der Waals surface area contributed by atoms with Crippen molar-refractivity contribution in [1.29, 1.82) is 0 Å². The number of fused-ring (bicyclic) bond motifs is 3. The number of rotatable bonds is 1. The molecule has 0 heteroatoms. The quantitative estimate of drug-likeness (QED) is 0.445. The molecule has 0 atom stereocenters. The van der Waals surface area contributed by atoms with Gasteiger partial charge in [-0.1, -0.05) is 72.8 Å². The summed E-state index contributed by atoms with van der Waals surface area (Å²) >= 11 is 0. The SMILES string of the molecule is Cc1c2c(c(-c3ccc4ccccc4c3)c3ccccc13)=CCCC=2. The van der Waals surface area contributed by atoms with Gasteiger partial charge in [0, 0.05) is 0 Å². The van der Waals surface area contributed by atoms with Gasteiger partial charge in [0.1, 0.15) is 0 Å². The van der Waals surface area contributed by atoms with E-state index in [1.807, 2.05) is 0 Å². The molecule has 0 nitrogen and oxygen atoms in total. The average molecular weight is 320 g/mol. The Bertz CT molecular complexity index is 1240. The lowest BCUT2D eigenvalue weighted by molar-refractivity contribution is 1.11. The minimum Gasteiger partial charge on any atom is -0.0761 e. The van der Waals surface area contributed by atoms with Crippen LogP contribution in [0.3, 0.4) is 0 Å². The topological polar surface area (TPSA) is 0 Å². The Labute approximate surface area is 147 Å². The van der Waals surface area contributed by atoms with Crippen molar-refractivity contribution in [1.82, 2.24) is 0 Å². The largest absolute Gasteiger partial charge is 0.0761 e. The van der Waals surface area contributed by atoms with E-state index in [0.29, 0.717) is 0 Å². The van der Waals surface area contributed by atoms with Crippen LogP contribution in [-0.4, -0.2) is 0 Å². The van der Waals surface area contributed by atoms with Gasteiger partial charge in [0.15, 0.2) is 0 Å². The standard InChI is InChI=1S/C25H20/c1-17-21-10-4-6-12-23(21)25(24-13-7-5-11-22(17)24)20-15-14-18-8-2-3-9-19(18)16-20/h2-4,6,8-16H,5,7H2,1H3. The number of aryl methyl sites for hydroxylation is 1. The number of hydrogen-bond donors (Lipinski definition) is 0. The second-order valence-corrected chi connectivity index (χ2v) is 6.92. The van der Waals surface area contributed by atoms with Crippen molar-refractivity contribution in [3.8, 4) is 11.1 Å². The van der Waals surface area contributed by atoms with Crippen LogP contribution >= 0.6 is 0 Å². The van der Waals surface area contributed by atoms with Gasteiger partial charge < -0.3 is 0 Å². The number of benzene rings is 4. The van der Waals surface area contributed by atoms with E-state index in [4.69, 9.17) is 0 Å². The molecule has 25 heavy (non-hydrogen) atoms. The van der Waals surface area contributed by atoms with Crippen LogP contribution in [0.5, 0.6) is 0 Å². The molecule has 0 unspecified atom stereocenters. The van der Waals surface area contributed by atoms with E-state index in [2.05, 4.69) is 85.8 Å². The van der Waals surface area contributed by atoms with Gasteiger partial charge in [0.25, 0.3) is 0 Å². The highest BCUT2D eigenvalue weighted by molar-refractivity contribution is 6.01. The van der Waals surface area contributed by atoms with Crippen LogP contribution in [0.25, 0.3) is 44.8 Å². The molecular weight excluding hydrogens is 300 g/mol. The van der Waals surface area contributed by atoms with Gasteiger partial charge in [-0.05, 0) is 74.5 Å². The average Bonchev–Trinajstić information content (AvgIpc) is 2.68. The Morgan fingerprint density at radius 2 is 1.32 bits per heavy atom. The van der Waals surface area contributed by atoms with Crippen LogP contribution in [0.15, 0.2) is 66.7 Å². The Morgan fingerprint density at radius 1 is 0.640 bits per heavy atom. The summed E-state index contributed by atoms with van der Waals surface area (Å²) in [7, 11) is 0. The fraction of sp³-hybridized carbons (Fsp3) is 0.120. The Balaban J connectivity index is 1.97. The maximum Gasteiger partial charge on any atom is -0.00297 e. The van der Waals surface area contributed by atoms with E-state index in [9.17, 15) is 0 Å². The van der Waals surface area contributed by atoms with Crippen LogP contribution in [0, 0.1) is 6.92 Å². The minimum atomic E-state index is 1.13. The third-order valence-corrected chi connectivity index (χ3v) is 5.47. The first kappa shape index (κ1) is 14.5. The molecule has 0 amide bonds. The highest BCUT2D eigenvalue weighted by Crippen LogP contribution is 2.29. The molecule has 0 heterocycles. The van der Waals surface area contributed by atoms with Crippen LogP contribution < -0.4 is 10.4 Å². The molecule has 0 saturated heterocycles. The fourth-order valence-electron chi connectivity index (χ4n) is 4.24. The highest BCUT2D eigenvalue weighted by Gasteiger charge is 2.12. The lowest BCUT2D eigenvalue weighted by Crippen LogP contribution is -2.31. The zero-order valence-corrected chi connectivity index (χ0v) is 14.4. The maximum atomic E-state index is 2.43. The summed E-state index contributed by atoms with van der Waals surface area (Å²) in [5, 5.41) is 8.17. The minimum absolute atomic E-state index is 1.13. The first-order valence-corrected chi connectivity index (χ1v) is 9.04. The number of hydrogen-bond acceptors (Lipinski definition) is 0. The van der Waals surface area contributed by atoms with Crippen LogP contribution in [0.4, 0.5) is 0 Å². The predicted molar refractivity (Wildman–Crippen MR) is 109 cm³/mol. The lowest BCUT2D eigenvalue weighted by atomic mass is 9.88. The fourth-order valence-corrected chi connectivity index (χ4v) is 4.24. The van der Waals surface area contributed by atoms with E-state index >= 15 is 0 Å². The normalized spacial score (nSPS) is 13.3. The van der Waals surface area contributed by atoms with Gasteiger partial charge in [-0.15, -0.1) is 0 Å². The van der Waals surface area contributed by atoms with E-state index < -0.39 is 0 Å². The van der Waals surface area contributed by atoms with Crippen molar-refractivity contribution in [2.24, 2.45) is 0 Å². The maximum absolute atomic E-state index is 2.43. The van der Waals surface area contributed by atoms with Crippen molar-refractivity contribution < 1.29 is 0 Å². The Kier molecular flexibility index (Phi) is 3.24. The summed E-state index contributed by atoms with van der Waals surface area (Å²) in [6.07, 6.45) is 7.12. The molecule has 120 valence electrons. The summed E-state index contributed by atoms with van der Waals surface area (Å²) in [5.41, 5.74) is 4.11. The molecule has 4 aromatic carbocycles. The molecule has 5 rings (SSSR count). The molecule has 0 aliphatic heterocycles. The van der Waals surface area contributed by atoms with Crippen LogP contribution in [0.2, 0.25) is 0 Å². The predicted octanol–water partition coefficient (Wildman–Crippen LogP) is 5.32. The smallest absolute Gasteiger partial charge is 0.00297 e. The van der Waals surface area contributed by atoms with E-state index in [0.717, 1.165) is 12.8 Å². The van der Waals surface area contributed by atoms with Gasteiger partial charge in [-0.3, -0.25) is 0 Å². The Morgan fingerprint density at radius 3 is 2.16 bits per heavy atom. The molecule has 0 aromatic heterocycles. The second-order valence-electron chi connectivity index (χ2n) is 6.92. The van der Waals surface area contributed by atoms with E-state index in [1.54, 1.807) is 0 Å². The molecule has 0 fully saturated rings. The van der Waals surface area contributed by atoms with Crippen molar-refractivity contribution in [3.05, 3.63) is 82.7 Å². The van der Waals surface area contributed by atoms with Gasteiger partial charge in [-0.25, -0.2) is 0 Å². The third-order valence-electron chi connectivity index (χ3n) is 5.47. The first-order valence-electron chi connectivity index (χ1n) is 9.04. The lowest BCUT2D eigenvalue weighted by Gasteiger charge is -2.15. The summed E-state index contributed by atoms with van der Waals surface area (Å²) in [4.78, 5) is 0. The van der Waals surface area contributed by atoms with Crippen molar-refractivity contribution in [3.63, 3.8) is 0 Å². The van der Waals surface area contributed by atoms with Crippen molar-refractivity contribution >= 4 is 33.7 Å². The van der Waals surface area contributed by atoms with E-state index in [1.165, 1.54) is 48.7 Å². The van der Waals surface area contributed by atoms with E-state index in [-0.39, 0.29) is 0 Å². The molecule has 0 saturated carbocycles. The summed E-state index contributed by atoms with van der Waals surface area (Å²) < 4.78 is 0. The van der Waals surface area contributed by atoms with Crippen molar-refractivity contribution in [2.45, 2.75) is 19.8 Å². The molecule has 0 N–H and O–H groups in total. The third kappa shape index (κ3) is 2.21. The van der Waals surface area contributed by atoms with Gasteiger partial charge >= 0.3 is 0 Å². The van der Waals surface area contributed by atoms with Crippen LogP contribution in [0.1, 0.15) is 18.4 Å². The molecule has 4 aromatic rings. The summed E-state index contributed by atoms with van der Waals surface area (Å²) in [6, 6.07) is 24.3. The van der Waals surface area contributed by atoms with Gasteiger partial charge in [0.2, 0.25) is 0 Å². The zero-order chi connectivity index (χ0) is 16.8. The first-order chi connectivity index (χ1) is 12.3. The molecule has 0 spiro atoms. The summed E-state index contributed by atoms with van der Waals surface area (Å²) in [5.74, 6) is 0. The summed E-state index contributed by atoms with van der Waals surface area (Å²) in [6.45, 7) is 2.26. The van der Waals surface area contributed by atoms with Crippen LogP contribution in [-0.2, 0) is 0 Å². The zero-order valence-electron chi connectivity index (χ0n) is 14.4. The van der Waals surface area contributed by atoms with Gasteiger partial charge in [-0.2, -0.15) is 0 Å².